The van der Waals surface area contributed by atoms with Gasteiger partial charge in [-0.1, -0.05) is 17.3 Å². The van der Waals surface area contributed by atoms with Crippen molar-refractivity contribution in [3.8, 4) is 0 Å². The summed E-state index contributed by atoms with van der Waals surface area (Å²) in [5.41, 5.74) is 6.46. The monoisotopic (exact) mass is 312 g/mol. The third kappa shape index (κ3) is 3.58. The number of aromatic nitrogens is 2. The van der Waals surface area contributed by atoms with Crippen molar-refractivity contribution < 1.29 is 8.91 Å². The Morgan fingerprint density at radius 3 is 3.00 bits per heavy atom. The molecule has 1 unspecified atom stereocenters. The summed E-state index contributed by atoms with van der Waals surface area (Å²) in [6, 6.07) is 7.00. The third-order valence-electron chi connectivity index (χ3n) is 3.63. The molecule has 0 radical (unpaired) electrons. The van der Waals surface area contributed by atoms with Crippen molar-refractivity contribution in [3.05, 3.63) is 47.4 Å². The Morgan fingerprint density at radius 1 is 1.43 bits per heavy atom. The second kappa shape index (κ2) is 6.98. The number of hydrogen-bond donors (Lipinski definition) is 1. The van der Waals surface area contributed by atoms with Gasteiger partial charge in [0.25, 0.3) is 0 Å². The predicted octanol–water partition coefficient (Wildman–Crippen LogP) is 2.43. The Morgan fingerprint density at radius 2 is 2.29 bits per heavy atom. The van der Waals surface area contributed by atoms with Gasteiger partial charge in [-0.3, -0.25) is 4.90 Å². The third-order valence-corrected chi connectivity index (χ3v) is 3.63. The topological polar surface area (TPSA) is 68.2 Å². The quantitative estimate of drug-likeness (QED) is 0.939. The minimum absolute atomic E-state index is 0. The molecule has 1 aromatic carbocycles. The lowest BCUT2D eigenvalue weighted by molar-refractivity contribution is 0.237. The van der Waals surface area contributed by atoms with Gasteiger partial charge >= 0.3 is 0 Å². The molecule has 1 fully saturated rings. The van der Waals surface area contributed by atoms with Gasteiger partial charge in [-0.15, -0.1) is 12.4 Å². The summed E-state index contributed by atoms with van der Waals surface area (Å²) in [7, 11) is 0. The molecule has 1 atom stereocenters. The number of rotatable bonds is 4. The molecule has 2 N–H and O–H groups in total. The zero-order valence-electron chi connectivity index (χ0n) is 11.5. The standard InChI is InChI=1S/C14H17FN4O.ClH/c15-11-4-1-3-10(7-11)12-5-2-6-19(12)9-13-17-14(8-16)20-18-13;/h1,3-4,7,12H,2,5-6,8-9,16H2;1H. The molecule has 2 heterocycles. The Balaban J connectivity index is 0.00000161. The molecule has 1 aromatic heterocycles. The number of nitrogens with two attached hydrogens (primary N) is 1. The highest BCUT2D eigenvalue weighted by Crippen LogP contribution is 2.32. The molecule has 0 saturated carbocycles. The van der Waals surface area contributed by atoms with Crippen molar-refractivity contribution in [2.24, 2.45) is 5.73 Å². The molecule has 0 amide bonds. The number of benzene rings is 1. The van der Waals surface area contributed by atoms with Crippen LogP contribution >= 0.6 is 12.4 Å². The largest absolute Gasteiger partial charge is 0.338 e. The van der Waals surface area contributed by atoms with E-state index < -0.39 is 0 Å². The molecular weight excluding hydrogens is 295 g/mol. The summed E-state index contributed by atoms with van der Waals surface area (Å²) in [6.07, 6.45) is 2.10. The lowest BCUT2D eigenvalue weighted by Crippen LogP contribution is -2.23. The Kier molecular flexibility index (Phi) is 5.27. The van der Waals surface area contributed by atoms with Crippen LogP contribution in [0.1, 0.15) is 36.2 Å². The second-order valence-electron chi connectivity index (χ2n) is 4.99. The van der Waals surface area contributed by atoms with Crippen LogP contribution in [0, 0.1) is 5.82 Å². The Hall–Kier alpha value is -1.50. The molecule has 5 nitrogen and oxygen atoms in total. The van der Waals surface area contributed by atoms with E-state index in [2.05, 4.69) is 15.0 Å². The first-order chi connectivity index (χ1) is 9.76. The van der Waals surface area contributed by atoms with Crippen LogP contribution in [0.4, 0.5) is 4.39 Å². The first-order valence-corrected chi connectivity index (χ1v) is 6.77. The van der Waals surface area contributed by atoms with Gasteiger partial charge in [0.1, 0.15) is 5.82 Å². The Bertz CT molecular complexity index is 592. The van der Waals surface area contributed by atoms with Gasteiger partial charge in [-0.25, -0.2) is 4.39 Å². The summed E-state index contributed by atoms with van der Waals surface area (Å²) in [4.78, 5) is 6.47. The normalized spacial score (nSPS) is 18.7. The number of hydrogen-bond acceptors (Lipinski definition) is 5. The summed E-state index contributed by atoms with van der Waals surface area (Å²) in [6.45, 7) is 1.80. The fourth-order valence-corrected chi connectivity index (χ4v) is 2.73. The van der Waals surface area contributed by atoms with Gasteiger partial charge in [-0.2, -0.15) is 4.98 Å². The molecule has 3 rings (SSSR count). The predicted molar refractivity (Wildman–Crippen MR) is 78.2 cm³/mol. The molecule has 114 valence electrons. The van der Waals surface area contributed by atoms with Gasteiger partial charge in [-0.05, 0) is 37.1 Å². The summed E-state index contributed by atoms with van der Waals surface area (Å²) < 4.78 is 18.4. The van der Waals surface area contributed by atoms with Crippen LogP contribution in [0.5, 0.6) is 0 Å². The highest BCUT2D eigenvalue weighted by atomic mass is 35.5. The first kappa shape index (κ1) is 15.9. The molecule has 0 spiro atoms. The van der Waals surface area contributed by atoms with E-state index in [1.807, 2.05) is 6.07 Å². The molecular formula is C14H18ClFN4O. The maximum Gasteiger partial charge on any atom is 0.240 e. The van der Waals surface area contributed by atoms with E-state index in [1.165, 1.54) is 6.07 Å². The molecule has 0 aliphatic carbocycles. The fraction of sp³-hybridized carbons (Fsp3) is 0.429. The zero-order valence-corrected chi connectivity index (χ0v) is 12.4. The van der Waals surface area contributed by atoms with Crippen LogP contribution in [0.15, 0.2) is 28.8 Å². The maximum atomic E-state index is 13.4. The van der Waals surface area contributed by atoms with E-state index in [4.69, 9.17) is 10.3 Å². The highest BCUT2D eigenvalue weighted by Gasteiger charge is 2.27. The molecule has 2 aromatic rings. The lowest BCUT2D eigenvalue weighted by Gasteiger charge is -2.23. The van der Waals surface area contributed by atoms with Crippen LogP contribution in [0.25, 0.3) is 0 Å². The molecule has 7 heteroatoms. The van der Waals surface area contributed by atoms with E-state index in [9.17, 15) is 4.39 Å². The molecule has 21 heavy (non-hydrogen) atoms. The van der Waals surface area contributed by atoms with Crippen molar-refractivity contribution in [1.29, 1.82) is 0 Å². The highest BCUT2D eigenvalue weighted by molar-refractivity contribution is 5.85. The lowest BCUT2D eigenvalue weighted by atomic mass is 10.0. The summed E-state index contributed by atoms with van der Waals surface area (Å²) >= 11 is 0. The van der Waals surface area contributed by atoms with E-state index in [0.29, 0.717) is 18.3 Å². The van der Waals surface area contributed by atoms with Gasteiger partial charge in [0.15, 0.2) is 5.82 Å². The van der Waals surface area contributed by atoms with Gasteiger partial charge in [0, 0.05) is 6.04 Å². The van der Waals surface area contributed by atoms with E-state index in [1.54, 1.807) is 12.1 Å². The Labute approximate surface area is 128 Å². The minimum Gasteiger partial charge on any atom is -0.338 e. The van der Waals surface area contributed by atoms with Gasteiger partial charge in [0.05, 0.1) is 13.1 Å². The molecule has 0 bridgehead atoms. The van der Waals surface area contributed by atoms with Crippen LogP contribution in [0.2, 0.25) is 0 Å². The van der Waals surface area contributed by atoms with Crippen molar-refractivity contribution in [3.63, 3.8) is 0 Å². The number of nitrogens with zero attached hydrogens (tertiary/aromatic N) is 3. The first-order valence-electron chi connectivity index (χ1n) is 6.77. The molecule has 1 saturated heterocycles. The van der Waals surface area contributed by atoms with E-state index in [-0.39, 0.29) is 30.8 Å². The second-order valence-corrected chi connectivity index (χ2v) is 4.99. The van der Waals surface area contributed by atoms with E-state index in [0.717, 1.165) is 24.9 Å². The number of likely N-dealkylation sites (tertiary alicyclic amines) is 1. The van der Waals surface area contributed by atoms with Crippen LogP contribution < -0.4 is 5.73 Å². The van der Waals surface area contributed by atoms with Gasteiger partial charge < -0.3 is 10.3 Å². The average Bonchev–Trinajstić information content (AvgIpc) is 3.08. The van der Waals surface area contributed by atoms with Crippen molar-refractivity contribution in [2.75, 3.05) is 6.54 Å². The zero-order chi connectivity index (χ0) is 13.9. The van der Waals surface area contributed by atoms with Crippen molar-refractivity contribution in [2.45, 2.75) is 32.0 Å². The summed E-state index contributed by atoms with van der Waals surface area (Å²) in [5, 5.41) is 3.91. The summed E-state index contributed by atoms with van der Waals surface area (Å²) in [5.74, 6) is 0.884. The smallest absolute Gasteiger partial charge is 0.240 e. The number of halogens is 2. The van der Waals surface area contributed by atoms with Crippen LogP contribution in [-0.2, 0) is 13.1 Å². The van der Waals surface area contributed by atoms with Crippen molar-refractivity contribution in [1.82, 2.24) is 15.0 Å². The van der Waals surface area contributed by atoms with Crippen LogP contribution in [-0.4, -0.2) is 21.6 Å². The van der Waals surface area contributed by atoms with Gasteiger partial charge in [0.2, 0.25) is 5.89 Å². The van der Waals surface area contributed by atoms with Crippen molar-refractivity contribution >= 4 is 12.4 Å². The van der Waals surface area contributed by atoms with Crippen LogP contribution in [0.3, 0.4) is 0 Å². The minimum atomic E-state index is -0.195. The molecule has 1 aliphatic heterocycles. The molecule has 1 aliphatic rings. The fourth-order valence-electron chi connectivity index (χ4n) is 2.73. The average molecular weight is 313 g/mol. The SMILES string of the molecule is Cl.NCc1nc(CN2CCCC2c2cccc(F)c2)no1. The maximum absolute atomic E-state index is 13.4. The van der Waals surface area contributed by atoms with E-state index >= 15 is 0 Å².